The molecule has 0 spiro atoms. The van der Waals surface area contributed by atoms with Gasteiger partial charge in [0.2, 0.25) is 15.9 Å². The molecule has 1 unspecified atom stereocenters. The number of carbonyl (C=O) groups is 1. The fraction of sp³-hybridized carbons (Fsp3) is 0.441. The van der Waals surface area contributed by atoms with Crippen molar-refractivity contribution in [2.24, 2.45) is 17.6 Å². The van der Waals surface area contributed by atoms with Gasteiger partial charge in [-0.3, -0.25) is 4.79 Å². The Balaban J connectivity index is 1.55. The predicted molar refractivity (Wildman–Crippen MR) is 176 cm³/mol. The Morgan fingerprint density at radius 3 is 2.45 bits per heavy atom. The fourth-order valence-electron chi connectivity index (χ4n) is 6.28. The van der Waals surface area contributed by atoms with Crippen LogP contribution in [0.4, 0.5) is 10.1 Å². The van der Waals surface area contributed by atoms with Gasteiger partial charge in [0, 0.05) is 47.9 Å². The maximum absolute atomic E-state index is 15.3. The number of benzene rings is 3. The number of hydrogen-bond acceptors (Lipinski definition) is 5. The summed E-state index contributed by atoms with van der Waals surface area (Å²) < 4.78 is 43.7. The first-order chi connectivity index (χ1) is 21.0. The highest BCUT2D eigenvalue weighted by Gasteiger charge is 2.35. The van der Waals surface area contributed by atoms with Crippen LogP contribution in [0.1, 0.15) is 57.1 Å². The summed E-state index contributed by atoms with van der Waals surface area (Å²) in [6.45, 7) is 7.71. The van der Waals surface area contributed by atoms with Crippen LogP contribution >= 0.6 is 11.6 Å². The van der Waals surface area contributed by atoms with Gasteiger partial charge in [-0.2, -0.15) is 4.31 Å². The highest BCUT2D eigenvalue weighted by molar-refractivity contribution is 7.89. The van der Waals surface area contributed by atoms with Crippen molar-refractivity contribution in [2.75, 3.05) is 25.0 Å². The predicted octanol–water partition coefficient (Wildman–Crippen LogP) is 6.20. The Kier molecular flexibility index (Phi) is 12.0. The van der Waals surface area contributed by atoms with Gasteiger partial charge in [-0.1, -0.05) is 75.2 Å². The molecular weight excluding hydrogens is 599 g/mol. The molecule has 0 bridgehead atoms. The molecule has 0 saturated carbocycles. The van der Waals surface area contributed by atoms with Gasteiger partial charge in [0.25, 0.3) is 0 Å². The standard InChI is InChI=1S/C34H44ClFN4O3S/c1-4-24(21-23(2)3)32(25-13-15-26(35)16-14-25)33(37)34(41)39-31-12-8-11-30(36)29(31)18-17-27-22-38-19-20-40(27)44(42,43)28-9-6-5-7-10-28/h5-16,23-24,27,32-33,38H,4,17-22,37H2,1-3H3,(H,39,41)/t24?,27-,32+,33-/m0/s1. The van der Waals surface area contributed by atoms with Crippen LogP contribution < -0.4 is 16.4 Å². The van der Waals surface area contributed by atoms with Gasteiger partial charge < -0.3 is 16.4 Å². The van der Waals surface area contributed by atoms with Gasteiger partial charge in [0.1, 0.15) is 5.82 Å². The molecule has 1 aliphatic rings. The van der Waals surface area contributed by atoms with E-state index in [4.69, 9.17) is 17.3 Å². The smallest absolute Gasteiger partial charge is 0.243 e. The highest BCUT2D eigenvalue weighted by atomic mass is 35.5. The third-order valence-electron chi connectivity index (χ3n) is 8.50. The molecule has 4 rings (SSSR count). The van der Waals surface area contributed by atoms with Crippen molar-refractivity contribution in [1.29, 1.82) is 0 Å². The van der Waals surface area contributed by atoms with Gasteiger partial charge in [0.15, 0.2) is 0 Å². The monoisotopic (exact) mass is 642 g/mol. The molecule has 238 valence electrons. The third kappa shape index (κ3) is 8.25. The first kappa shape index (κ1) is 34.1. The molecule has 3 aromatic rings. The summed E-state index contributed by atoms with van der Waals surface area (Å²) in [5.74, 6) is -0.550. The average molecular weight is 643 g/mol. The number of sulfonamides is 1. The topological polar surface area (TPSA) is 105 Å². The summed E-state index contributed by atoms with van der Waals surface area (Å²) in [7, 11) is -3.72. The number of amides is 1. The minimum Gasteiger partial charge on any atom is -0.324 e. The number of anilines is 1. The lowest BCUT2D eigenvalue weighted by molar-refractivity contribution is -0.118. The molecule has 44 heavy (non-hydrogen) atoms. The first-order valence-electron chi connectivity index (χ1n) is 15.4. The van der Waals surface area contributed by atoms with Crippen LogP contribution in [0.2, 0.25) is 5.02 Å². The Morgan fingerprint density at radius 2 is 1.80 bits per heavy atom. The lowest BCUT2D eigenvalue weighted by Crippen LogP contribution is -2.53. The molecule has 4 N–H and O–H groups in total. The van der Waals surface area contributed by atoms with Gasteiger partial charge in [0.05, 0.1) is 10.9 Å². The second-order valence-corrected chi connectivity index (χ2v) is 14.3. The zero-order valence-corrected chi connectivity index (χ0v) is 27.3. The van der Waals surface area contributed by atoms with Crippen molar-refractivity contribution in [3.8, 4) is 0 Å². The number of carbonyl (C=O) groups excluding carboxylic acids is 1. The average Bonchev–Trinajstić information content (AvgIpc) is 3.01. The van der Waals surface area contributed by atoms with Gasteiger partial charge in [-0.05, 0) is 73.1 Å². The van der Waals surface area contributed by atoms with Crippen molar-refractivity contribution in [3.63, 3.8) is 0 Å². The number of piperazine rings is 1. The van der Waals surface area contributed by atoms with Gasteiger partial charge in [-0.15, -0.1) is 0 Å². The summed E-state index contributed by atoms with van der Waals surface area (Å²) in [6.07, 6.45) is 2.34. The van der Waals surface area contributed by atoms with E-state index in [9.17, 15) is 13.2 Å². The Bertz CT molecular complexity index is 1490. The van der Waals surface area contributed by atoms with Crippen molar-refractivity contribution in [3.05, 3.63) is 94.8 Å². The van der Waals surface area contributed by atoms with E-state index in [0.29, 0.717) is 48.2 Å². The molecule has 4 atom stereocenters. The number of halogens is 2. The molecule has 0 aliphatic carbocycles. The molecule has 1 saturated heterocycles. The molecule has 0 radical (unpaired) electrons. The zero-order chi connectivity index (χ0) is 31.9. The molecule has 7 nitrogen and oxygen atoms in total. The molecule has 1 aliphatic heterocycles. The van der Waals surface area contributed by atoms with Crippen LogP contribution in [0.15, 0.2) is 77.7 Å². The molecule has 3 aromatic carbocycles. The summed E-state index contributed by atoms with van der Waals surface area (Å²) >= 11 is 6.16. The SMILES string of the molecule is CCC(CC(C)C)[C@H](c1ccc(Cl)cc1)[C@H](N)C(=O)Nc1cccc(F)c1CC[C@H]1CNCCN1S(=O)(=O)c1ccccc1. The van der Waals surface area contributed by atoms with E-state index in [-0.39, 0.29) is 29.2 Å². The van der Waals surface area contributed by atoms with E-state index in [2.05, 4.69) is 31.4 Å². The number of nitrogens with one attached hydrogen (secondary N) is 2. The third-order valence-corrected chi connectivity index (χ3v) is 10.7. The van der Waals surface area contributed by atoms with Gasteiger partial charge >= 0.3 is 0 Å². The second-order valence-electron chi connectivity index (χ2n) is 12.0. The Morgan fingerprint density at radius 1 is 1.09 bits per heavy atom. The summed E-state index contributed by atoms with van der Waals surface area (Å²) in [6, 6.07) is 19.1. The Labute approximate surface area is 266 Å². The van der Waals surface area contributed by atoms with Crippen molar-refractivity contribution in [2.45, 2.75) is 69.4 Å². The minimum absolute atomic E-state index is 0.153. The van der Waals surface area contributed by atoms with Crippen LogP contribution in [0.3, 0.4) is 0 Å². The van der Waals surface area contributed by atoms with Crippen LogP contribution in [0, 0.1) is 17.7 Å². The van der Waals surface area contributed by atoms with Crippen LogP contribution in [-0.4, -0.2) is 50.3 Å². The van der Waals surface area contributed by atoms with Crippen molar-refractivity contribution >= 4 is 33.2 Å². The summed E-state index contributed by atoms with van der Waals surface area (Å²) in [5, 5.41) is 6.80. The lowest BCUT2D eigenvalue weighted by Gasteiger charge is -2.35. The number of rotatable bonds is 13. The van der Waals surface area contributed by atoms with E-state index >= 15 is 4.39 Å². The fourth-order valence-corrected chi connectivity index (χ4v) is 8.08. The van der Waals surface area contributed by atoms with E-state index in [0.717, 1.165) is 18.4 Å². The summed E-state index contributed by atoms with van der Waals surface area (Å²) in [4.78, 5) is 14.0. The van der Waals surface area contributed by atoms with Gasteiger partial charge in [-0.25, -0.2) is 12.8 Å². The van der Waals surface area contributed by atoms with E-state index in [1.165, 1.54) is 10.4 Å². The molecular formula is C34H44ClFN4O3S. The van der Waals surface area contributed by atoms with Crippen LogP contribution in [-0.2, 0) is 21.2 Å². The quantitative estimate of drug-likeness (QED) is 0.206. The largest absolute Gasteiger partial charge is 0.324 e. The summed E-state index contributed by atoms with van der Waals surface area (Å²) in [5.41, 5.74) is 8.32. The maximum Gasteiger partial charge on any atom is 0.243 e. The normalized spacial score (nSPS) is 18.1. The first-order valence-corrected chi connectivity index (χ1v) is 17.2. The number of nitrogens with two attached hydrogens (primary N) is 1. The minimum atomic E-state index is -3.72. The molecule has 1 fully saturated rings. The molecule has 1 amide bonds. The second kappa shape index (κ2) is 15.5. The van der Waals surface area contributed by atoms with E-state index in [1.807, 2.05) is 24.3 Å². The molecule has 10 heteroatoms. The maximum atomic E-state index is 15.3. The van der Waals surface area contributed by atoms with Crippen molar-refractivity contribution < 1.29 is 17.6 Å². The molecule has 0 aromatic heterocycles. The number of hydrogen-bond donors (Lipinski definition) is 3. The Hall–Kier alpha value is -2.82. The van der Waals surface area contributed by atoms with Crippen molar-refractivity contribution in [1.82, 2.24) is 9.62 Å². The molecule has 1 heterocycles. The van der Waals surface area contributed by atoms with Crippen LogP contribution in [0.5, 0.6) is 0 Å². The highest BCUT2D eigenvalue weighted by Crippen LogP contribution is 2.36. The van der Waals surface area contributed by atoms with Crippen LogP contribution in [0.25, 0.3) is 0 Å². The number of nitrogens with zero attached hydrogens (tertiary/aromatic N) is 1. The zero-order valence-electron chi connectivity index (χ0n) is 25.7. The van der Waals surface area contributed by atoms with E-state index < -0.39 is 27.8 Å². The lowest BCUT2D eigenvalue weighted by atomic mass is 9.75. The van der Waals surface area contributed by atoms with E-state index in [1.54, 1.807) is 42.5 Å².